The summed E-state index contributed by atoms with van der Waals surface area (Å²) in [4.78, 5) is 19.7. The number of aryl methyl sites for hydroxylation is 1. The quantitative estimate of drug-likeness (QED) is 0.904. The highest BCUT2D eigenvalue weighted by Gasteiger charge is 2.16. The lowest BCUT2D eigenvalue weighted by molar-refractivity contribution is -0.114. The molecule has 1 amide bonds. The lowest BCUT2D eigenvalue weighted by Gasteiger charge is -2.25. The molecule has 0 aliphatic carbocycles. The maximum absolute atomic E-state index is 11.1. The molecule has 3 rings (SSSR count). The third kappa shape index (κ3) is 4.20. The van der Waals surface area contributed by atoms with Gasteiger partial charge in [0.1, 0.15) is 5.01 Å². The molecule has 2 heterocycles. The van der Waals surface area contributed by atoms with Crippen LogP contribution in [0.5, 0.6) is 0 Å². The van der Waals surface area contributed by atoms with E-state index in [1.54, 1.807) is 11.3 Å². The van der Waals surface area contributed by atoms with E-state index in [-0.39, 0.29) is 5.91 Å². The van der Waals surface area contributed by atoms with Gasteiger partial charge in [0.25, 0.3) is 0 Å². The van der Waals surface area contributed by atoms with Crippen LogP contribution < -0.4 is 5.32 Å². The van der Waals surface area contributed by atoms with Gasteiger partial charge < -0.3 is 10.1 Å². The topological polar surface area (TPSA) is 54.5 Å². The number of nitrogens with zero attached hydrogens (tertiary/aromatic N) is 2. The predicted molar refractivity (Wildman–Crippen MR) is 97.3 cm³/mol. The van der Waals surface area contributed by atoms with Crippen molar-refractivity contribution in [2.75, 3.05) is 31.6 Å². The molecule has 1 saturated heterocycles. The molecule has 1 fully saturated rings. The van der Waals surface area contributed by atoms with Crippen molar-refractivity contribution in [3.8, 4) is 11.3 Å². The van der Waals surface area contributed by atoms with E-state index in [4.69, 9.17) is 9.72 Å². The highest BCUT2D eigenvalue weighted by molar-refractivity contribution is 7.12. The summed E-state index contributed by atoms with van der Waals surface area (Å²) in [6.07, 6.45) is 0.976. The van der Waals surface area contributed by atoms with E-state index in [9.17, 15) is 4.79 Å². The van der Waals surface area contributed by atoms with Crippen LogP contribution in [0.25, 0.3) is 11.3 Å². The van der Waals surface area contributed by atoms with Crippen LogP contribution in [-0.2, 0) is 22.5 Å². The molecule has 0 bridgehead atoms. The van der Waals surface area contributed by atoms with Crippen molar-refractivity contribution in [1.29, 1.82) is 0 Å². The number of morpholine rings is 1. The van der Waals surface area contributed by atoms with Crippen LogP contribution >= 0.6 is 11.3 Å². The number of carbonyl (C=O) groups is 1. The first-order valence-corrected chi connectivity index (χ1v) is 9.14. The summed E-state index contributed by atoms with van der Waals surface area (Å²) in [5.41, 5.74) is 2.98. The molecule has 0 radical (unpaired) electrons. The summed E-state index contributed by atoms with van der Waals surface area (Å²) >= 11 is 1.80. The van der Waals surface area contributed by atoms with Crippen LogP contribution in [0, 0.1) is 0 Å². The van der Waals surface area contributed by atoms with Crippen LogP contribution in [0.3, 0.4) is 0 Å². The minimum Gasteiger partial charge on any atom is -0.379 e. The molecule has 128 valence electrons. The monoisotopic (exact) mass is 345 g/mol. The Morgan fingerprint density at radius 2 is 2.00 bits per heavy atom. The van der Waals surface area contributed by atoms with Crippen LogP contribution in [-0.4, -0.2) is 42.1 Å². The molecule has 0 unspecified atom stereocenters. The van der Waals surface area contributed by atoms with E-state index in [0.29, 0.717) is 0 Å². The molecule has 5 nitrogen and oxygen atoms in total. The Hall–Kier alpha value is -1.76. The Morgan fingerprint density at radius 3 is 2.62 bits per heavy atom. The number of hydrogen-bond acceptors (Lipinski definition) is 5. The van der Waals surface area contributed by atoms with Gasteiger partial charge in [-0.05, 0) is 18.6 Å². The van der Waals surface area contributed by atoms with E-state index < -0.39 is 0 Å². The number of amides is 1. The molecular formula is C18H23N3O2S. The standard InChI is InChI=1S/C18H23N3O2S/c1-3-16-18(14-4-6-15(7-5-14)19-13(2)22)20-17(24-16)12-21-8-10-23-11-9-21/h4-7H,3,8-12H2,1-2H3,(H,19,22). The van der Waals surface area contributed by atoms with Gasteiger partial charge in [-0.2, -0.15) is 0 Å². The van der Waals surface area contributed by atoms with E-state index in [1.807, 2.05) is 24.3 Å². The van der Waals surface area contributed by atoms with Gasteiger partial charge >= 0.3 is 0 Å². The Bertz CT molecular complexity index is 691. The number of anilines is 1. The first-order valence-electron chi connectivity index (χ1n) is 8.32. The van der Waals surface area contributed by atoms with Crippen LogP contribution in [0.15, 0.2) is 24.3 Å². The number of nitrogens with one attached hydrogen (secondary N) is 1. The molecule has 0 atom stereocenters. The van der Waals surface area contributed by atoms with Gasteiger partial charge in [-0.1, -0.05) is 19.1 Å². The molecule has 24 heavy (non-hydrogen) atoms. The second-order valence-electron chi connectivity index (χ2n) is 5.88. The molecule has 1 aliphatic rings. The van der Waals surface area contributed by atoms with Crippen molar-refractivity contribution in [3.05, 3.63) is 34.2 Å². The second kappa shape index (κ2) is 7.88. The maximum atomic E-state index is 11.1. The average Bonchev–Trinajstić information content (AvgIpc) is 2.99. The summed E-state index contributed by atoms with van der Waals surface area (Å²) in [7, 11) is 0. The second-order valence-corrected chi connectivity index (χ2v) is 7.05. The fourth-order valence-electron chi connectivity index (χ4n) is 2.80. The molecular weight excluding hydrogens is 322 g/mol. The van der Waals surface area contributed by atoms with Gasteiger partial charge in [-0.3, -0.25) is 9.69 Å². The summed E-state index contributed by atoms with van der Waals surface area (Å²) in [6, 6.07) is 7.91. The molecule has 1 aliphatic heterocycles. The number of thiazole rings is 1. The molecule has 6 heteroatoms. The number of benzene rings is 1. The van der Waals surface area contributed by atoms with Crippen molar-refractivity contribution in [2.45, 2.75) is 26.8 Å². The molecule has 0 saturated carbocycles. The highest BCUT2D eigenvalue weighted by Crippen LogP contribution is 2.30. The lowest BCUT2D eigenvalue weighted by Crippen LogP contribution is -2.35. The van der Waals surface area contributed by atoms with Crippen LogP contribution in [0.4, 0.5) is 5.69 Å². The Balaban J connectivity index is 1.77. The number of rotatable bonds is 5. The largest absolute Gasteiger partial charge is 0.379 e. The number of carbonyl (C=O) groups excluding carboxylic acids is 1. The zero-order valence-corrected chi connectivity index (χ0v) is 15.0. The smallest absolute Gasteiger partial charge is 0.221 e. The Kier molecular flexibility index (Phi) is 5.60. The van der Waals surface area contributed by atoms with Gasteiger partial charge in [0, 0.05) is 36.1 Å². The SMILES string of the molecule is CCc1sc(CN2CCOCC2)nc1-c1ccc(NC(C)=O)cc1. The number of hydrogen-bond donors (Lipinski definition) is 1. The minimum absolute atomic E-state index is 0.0570. The maximum Gasteiger partial charge on any atom is 0.221 e. The molecule has 0 spiro atoms. The van der Waals surface area contributed by atoms with Gasteiger partial charge in [0.2, 0.25) is 5.91 Å². The van der Waals surface area contributed by atoms with E-state index >= 15 is 0 Å². The van der Waals surface area contributed by atoms with Crippen LogP contribution in [0.1, 0.15) is 23.7 Å². The van der Waals surface area contributed by atoms with Crippen molar-refractivity contribution >= 4 is 22.9 Å². The fourth-order valence-corrected chi connectivity index (χ4v) is 3.87. The Labute approximate surface area is 146 Å². The van der Waals surface area contributed by atoms with E-state index in [1.165, 1.54) is 11.8 Å². The third-order valence-electron chi connectivity index (χ3n) is 4.00. The van der Waals surface area contributed by atoms with Gasteiger partial charge in [0.05, 0.1) is 25.5 Å². The molecule has 1 N–H and O–H groups in total. The normalized spacial score (nSPS) is 15.4. The van der Waals surface area contributed by atoms with E-state index in [2.05, 4.69) is 17.1 Å². The summed E-state index contributed by atoms with van der Waals surface area (Å²) < 4.78 is 5.41. The summed E-state index contributed by atoms with van der Waals surface area (Å²) in [5.74, 6) is -0.0570. The van der Waals surface area contributed by atoms with Crippen LogP contribution in [0.2, 0.25) is 0 Å². The number of aromatic nitrogens is 1. The highest BCUT2D eigenvalue weighted by atomic mass is 32.1. The summed E-state index contributed by atoms with van der Waals surface area (Å²) in [6.45, 7) is 8.14. The van der Waals surface area contributed by atoms with Crippen molar-refractivity contribution in [1.82, 2.24) is 9.88 Å². The zero-order valence-electron chi connectivity index (χ0n) is 14.2. The lowest BCUT2D eigenvalue weighted by atomic mass is 10.1. The fraction of sp³-hybridized carbons (Fsp3) is 0.444. The molecule has 1 aromatic heterocycles. The molecule has 2 aromatic rings. The van der Waals surface area contributed by atoms with Crippen molar-refractivity contribution in [3.63, 3.8) is 0 Å². The Morgan fingerprint density at radius 1 is 1.29 bits per heavy atom. The predicted octanol–water partition coefficient (Wildman–Crippen LogP) is 3.16. The van der Waals surface area contributed by atoms with Crippen molar-refractivity contribution in [2.24, 2.45) is 0 Å². The molecule has 1 aromatic carbocycles. The minimum atomic E-state index is -0.0570. The zero-order chi connectivity index (χ0) is 16.9. The van der Waals surface area contributed by atoms with Crippen molar-refractivity contribution < 1.29 is 9.53 Å². The number of ether oxygens (including phenoxy) is 1. The van der Waals surface area contributed by atoms with Gasteiger partial charge in [-0.25, -0.2) is 4.98 Å². The van der Waals surface area contributed by atoms with Gasteiger partial charge in [-0.15, -0.1) is 11.3 Å². The summed E-state index contributed by atoms with van der Waals surface area (Å²) in [5, 5.41) is 3.96. The third-order valence-corrected chi connectivity index (χ3v) is 5.19. The first kappa shape index (κ1) is 17.1. The van der Waals surface area contributed by atoms with Gasteiger partial charge in [0.15, 0.2) is 0 Å². The average molecular weight is 345 g/mol. The van der Waals surface area contributed by atoms with E-state index in [0.717, 1.165) is 61.2 Å². The first-order chi connectivity index (χ1) is 11.7.